The Labute approximate surface area is 121 Å². The van der Waals surface area contributed by atoms with Crippen molar-refractivity contribution in [3.05, 3.63) is 41.4 Å². The van der Waals surface area contributed by atoms with Gasteiger partial charge in [0.1, 0.15) is 5.75 Å². The number of hydrogen-bond donors (Lipinski definition) is 1. The molecule has 0 aliphatic carbocycles. The monoisotopic (exact) mass is 289 g/mol. The van der Waals surface area contributed by atoms with Crippen LogP contribution in [0.15, 0.2) is 35.8 Å². The van der Waals surface area contributed by atoms with Crippen molar-refractivity contribution in [1.29, 1.82) is 0 Å². The zero-order chi connectivity index (χ0) is 13.9. The van der Waals surface area contributed by atoms with Crippen molar-refractivity contribution in [2.75, 3.05) is 31.1 Å². The number of phenols is 1. The van der Waals surface area contributed by atoms with E-state index in [-0.39, 0.29) is 11.7 Å². The van der Waals surface area contributed by atoms with Crippen molar-refractivity contribution in [2.24, 2.45) is 0 Å². The molecule has 0 bridgehead atoms. The molecule has 1 N–H and O–H groups in total. The fourth-order valence-electron chi connectivity index (χ4n) is 2.30. The molecule has 1 aromatic carbocycles. The van der Waals surface area contributed by atoms with E-state index in [1.165, 1.54) is 0 Å². The van der Waals surface area contributed by atoms with E-state index in [2.05, 4.69) is 9.88 Å². The second-order valence-electron chi connectivity index (χ2n) is 4.61. The van der Waals surface area contributed by atoms with Crippen molar-refractivity contribution >= 4 is 22.4 Å². The summed E-state index contributed by atoms with van der Waals surface area (Å²) in [6.45, 7) is 2.83. The van der Waals surface area contributed by atoms with Gasteiger partial charge in [0, 0.05) is 37.8 Å². The van der Waals surface area contributed by atoms with Crippen LogP contribution >= 0.6 is 11.3 Å². The zero-order valence-electron chi connectivity index (χ0n) is 10.9. The Morgan fingerprint density at radius 3 is 2.60 bits per heavy atom. The Morgan fingerprint density at radius 1 is 1.20 bits per heavy atom. The number of anilines is 1. The number of para-hydroxylation sites is 1. The van der Waals surface area contributed by atoms with Crippen LogP contribution < -0.4 is 4.90 Å². The molecule has 0 atom stereocenters. The number of aromatic nitrogens is 1. The second kappa shape index (κ2) is 5.50. The van der Waals surface area contributed by atoms with Crippen molar-refractivity contribution < 1.29 is 9.90 Å². The summed E-state index contributed by atoms with van der Waals surface area (Å²) in [4.78, 5) is 20.6. The van der Waals surface area contributed by atoms with Crippen molar-refractivity contribution in [3.8, 4) is 5.75 Å². The lowest BCUT2D eigenvalue weighted by Crippen LogP contribution is -2.48. The Morgan fingerprint density at radius 2 is 1.95 bits per heavy atom. The maximum absolute atomic E-state index is 12.3. The lowest BCUT2D eigenvalue weighted by atomic mass is 10.1. The Balaban J connectivity index is 1.66. The van der Waals surface area contributed by atoms with Gasteiger partial charge in [-0.2, -0.15) is 0 Å². The summed E-state index contributed by atoms with van der Waals surface area (Å²) in [6.07, 6.45) is 1.79. The van der Waals surface area contributed by atoms with Gasteiger partial charge in [-0.1, -0.05) is 12.1 Å². The van der Waals surface area contributed by atoms with Crippen LogP contribution in [0.3, 0.4) is 0 Å². The van der Waals surface area contributed by atoms with Gasteiger partial charge >= 0.3 is 0 Å². The fourth-order valence-corrected chi connectivity index (χ4v) is 2.99. The molecule has 1 saturated heterocycles. The molecule has 104 valence electrons. The molecule has 0 spiro atoms. The van der Waals surface area contributed by atoms with E-state index in [9.17, 15) is 9.90 Å². The summed E-state index contributed by atoms with van der Waals surface area (Å²) in [6, 6.07) is 6.68. The van der Waals surface area contributed by atoms with Crippen LogP contribution in [0.2, 0.25) is 0 Å². The second-order valence-corrected chi connectivity index (χ2v) is 5.48. The highest BCUT2D eigenvalue weighted by Gasteiger charge is 2.24. The summed E-state index contributed by atoms with van der Waals surface area (Å²) < 4.78 is 0. The Bertz CT molecular complexity index is 592. The molecule has 0 saturated carbocycles. The average molecular weight is 289 g/mol. The number of piperazine rings is 1. The summed E-state index contributed by atoms with van der Waals surface area (Å²) in [5, 5.41) is 12.7. The van der Waals surface area contributed by atoms with Gasteiger partial charge in [-0.15, -0.1) is 11.3 Å². The van der Waals surface area contributed by atoms with Crippen LogP contribution in [0, 0.1) is 0 Å². The minimum atomic E-state index is -0.109. The molecule has 5 nitrogen and oxygen atoms in total. The molecule has 0 unspecified atom stereocenters. The number of carbonyl (C=O) groups is 1. The number of thiazole rings is 1. The number of rotatable bonds is 2. The quantitative estimate of drug-likeness (QED) is 0.916. The van der Waals surface area contributed by atoms with E-state index in [1.54, 1.807) is 46.7 Å². The van der Waals surface area contributed by atoms with Crippen molar-refractivity contribution in [1.82, 2.24) is 9.88 Å². The highest BCUT2D eigenvalue weighted by molar-refractivity contribution is 7.13. The van der Waals surface area contributed by atoms with Gasteiger partial charge in [0.15, 0.2) is 5.13 Å². The van der Waals surface area contributed by atoms with Crippen LogP contribution in [0.4, 0.5) is 5.13 Å². The topological polar surface area (TPSA) is 56.7 Å². The highest BCUT2D eigenvalue weighted by atomic mass is 32.1. The fraction of sp³-hybridized carbons (Fsp3) is 0.286. The minimum Gasteiger partial charge on any atom is -0.507 e. The molecule has 2 aromatic rings. The average Bonchev–Trinajstić information content (AvgIpc) is 3.01. The molecule has 1 amide bonds. The van der Waals surface area contributed by atoms with Gasteiger partial charge in [-0.25, -0.2) is 4.98 Å². The lowest BCUT2D eigenvalue weighted by molar-refractivity contribution is 0.0743. The molecule has 20 heavy (non-hydrogen) atoms. The molecule has 0 radical (unpaired) electrons. The molecule has 2 heterocycles. The standard InChI is InChI=1S/C14H15N3O2S/c18-12-4-2-1-3-11(12)13(19)16-6-8-17(9-7-16)14-15-5-10-20-14/h1-5,10,18H,6-9H2. The van der Waals surface area contributed by atoms with Gasteiger partial charge < -0.3 is 14.9 Å². The molecule has 1 fully saturated rings. The summed E-state index contributed by atoms with van der Waals surface area (Å²) in [5.74, 6) is -0.0678. The maximum Gasteiger partial charge on any atom is 0.257 e. The number of benzene rings is 1. The first-order chi connectivity index (χ1) is 9.75. The van der Waals surface area contributed by atoms with Gasteiger partial charge in [0.25, 0.3) is 5.91 Å². The number of phenolic OH excluding ortho intramolecular Hbond substituents is 1. The van der Waals surface area contributed by atoms with Crippen LogP contribution in [-0.4, -0.2) is 47.1 Å². The predicted octanol–water partition coefficient (Wildman–Crippen LogP) is 1.81. The van der Waals surface area contributed by atoms with E-state index in [1.807, 2.05) is 5.38 Å². The molecule has 1 aromatic heterocycles. The first-order valence-electron chi connectivity index (χ1n) is 6.47. The van der Waals surface area contributed by atoms with Crippen molar-refractivity contribution in [3.63, 3.8) is 0 Å². The SMILES string of the molecule is O=C(c1ccccc1O)N1CCN(c2nccs2)CC1. The van der Waals surface area contributed by atoms with E-state index in [4.69, 9.17) is 0 Å². The van der Waals surface area contributed by atoms with Gasteiger partial charge in [-0.3, -0.25) is 4.79 Å². The molecule has 1 aliphatic heterocycles. The van der Waals surface area contributed by atoms with Crippen LogP contribution in [-0.2, 0) is 0 Å². The third kappa shape index (κ3) is 2.46. The number of carbonyl (C=O) groups excluding carboxylic acids is 1. The van der Waals surface area contributed by atoms with Crippen molar-refractivity contribution in [2.45, 2.75) is 0 Å². The number of nitrogens with zero attached hydrogens (tertiary/aromatic N) is 3. The van der Waals surface area contributed by atoms with E-state index < -0.39 is 0 Å². The third-order valence-corrected chi connectivity index (χ3v) is 4.22. The van der Waals surface area contributed by atoms with Crippen LogP contribution in [0.5, 0.6) is 5.75 Å². The number of hydrogen-bond acceptors (Lipinski definition) is 5. The predicted molar refractivity (Wildman–Crippen MR) is 78.3 cm³/mol. The van der Waals surface area contributed by atoms with E-state index in [0.717, 1.165) is 18.2 Å². The largest absolute Gasteiger partial charge is 0.507 e. The van der Waals surface area contributed by atoms with Crippen LogP contribution in [0.1, 0.15) is 10.4 Å². The van der Waals surface area contributed by atoms with E-state index in [0.29, 0.717) is 18.7 Å². The minimum absolute atomic E-state index is 0.0415. The van der Waals surface area contributed by atoms with Gasteiger partial charge in [0.2, 0.25) is 0 Å². The summed E-state index contributed by atoms with van der Waals surface area (Å²) in [7, 11) is 0. The number of amides is 1. The molecule has 6 heteroatoms. The van der Waals surface area contributed by atoms with Crippen LogP contribution in [0.25, 0.3) is 0 Å². The number of aromatic hydroxyl groups is 1. The zero-order valence-corrected chi connectivity index (χ0v) is 11.7. The summed E-state index contributed by atoms with van der Waals surface area (Å²) in [5.41, 5.74) is 0.371. The van der Waals surface area contributed by atoms with Gasteiger partial charge in [-0.05, 0) is 12.1 Å². The van der Waals surface area contributed by atoms with Gasteiger partial charge in [0.05, 0.1) is 5.56 Å². The maximum atomic E-state index is 12.3. The molecular weight excluding hydrogens is 274 g/mol. The Hall–Kier alpha value is -2.08. The first kappa shape index (κ1) is 12.9. The molecular formula is C14H15N3O2S. The smallest absolute Gasteiger partial charge is 0.257 e. The normalized spacial score (nSPS) is 15.4. The highest BCUT2D eigenvalue weighted by Crippen LogP contribution is 2.21. The first-order valence-corrected chi connectivity index (χ1v) is 7.35. The lowest BCUT2D eigenvalue weighted by Gasteiger charge is -2.34. The van der Waals surface area contributed by atoms with E-state index >= 15 is 0 Å². The Kier molecular flexibility index (Phi) is 3.56. The summed E-state index contributed by atoms with van der Waals surface area (Å²) >= 11 is 1.61. The molecule has 3 rings (SSSR count). The third-order valence-electron chi connectivity index (χ3n) is 3.39. The molecule has 1 aliphatic rings.